The van der Waals surface area contributed by atoms with Crippen molar-refractivity contribution in [2.75, 3.05) is 41.0 Å². The number of hydrogen-bond acceptors (Lipinski definition) is 14. The second kappa shape index (κ2) is 12.7. The minimum atomic E-state index is -1.96. The molecule has 0 saturated carbocycles. The Kier molecular flexibility index (Phi) is 8.62. The Bertz CT molecular complexity index is 1750. The van der Waals surface area contributed by atoms with Crippen LogP contribution in [0.15, 0.2) is 40.7 Å². The number of ether oxygens (including phenoxy) is 1. The number of carboxylic acids is 1. The van der Waals surface area contributed by atoms with Gasteiger partial charge in [-0.3, -0.25) is 24.4 Å². The molecule has 0 spiro atoms. The lowest BCUT2D eigenvalue weighted by atomic mass is 9.98. The number of carboxylic acid groups (broad SMARTS) is 1. The molecule has 2 unspecified atom stereocenters. The second-order valence-corrected chi connectivity index (χ2v) is 15.7. The predicted octanol–water partition coefficient (Wildman–Crippen LogP) is 0.732. The first-order valence-electron chi connectivity index (χ1n) is 14.5. The molecule has 252 valence electrons. The summed E-state index contributed by atoms with van der Waals surface area (Å²) in [5, 5.41) is 28.3. The number of nitrogens with one attached hydrogen (secondary N) is 4. The Morgan fingerprint density at radius 2 is 1.98 bits per heavy atom. The summed E-state index contributed by atoms with van der Waals surface area (Å²) in [5.41, 5.74) is -0.883. The lowest BCUT2D eigenvalue weighted by Gasteiger charge is -2.51. The highest BCUT2D eigenvalue weighted by Crippen LogP contribution is 2.52. The van der Waals surface area contributed by atoms with Gasteiger partial charge in [0.2, 0.25) is 5.66 Å². The van der Waals surface area contributed by atoms with Crippen molar-refractivity contribution in [1.29, 1.82) is 0 Å². The molecule has 6 amide bonds. The number of esters is 1. The van der Waals surface area contributed by atoms with E-state index in [9.17, 15) is 33.9 Å². The molecule has 5 aliphatic rings. The Balaban J connectivity index is 1.21. The van der Waals surface area contributed by atoms with Gasteiger partial charge in [-0.05, 0) is 17.7 Å². The largest absolute Gasteiger partial charge is 0.477 e. The summed E-state index contributed by atoms with van der Waals surface area (Å²) in [7, 11) is 0. The van der Waals surface area contributed by atoms with E-state index in [2.05, 4.69) is 31.4 Å². The third kappa shape index (κ3) is 5.41. The number of thioether (sulfide) groups is 4. The van der Waals surface area contributed by atoms with Crippen LogP contribution in [0.3, 0.4) is 0 Å². The van der Waals surface area contributed by atoms with Crippen molar-refractivity contribution in [3.63, 3.8) is 0 Å². The maximum Gasteiger partial charge on any atom is 0.352 e. The van der Waals surface area contributed by atoms with Gasteiger partial charge in [-0.1, -0.05) is 11.3 Å². The van der Waals surface area contributed by atoms with Gasteiger partial charge in [0.1, 0.15) is 26.8 Å². The van der Waals surface area contributed by atoms with Gasteiger partial charge in [0.25, 0.3) is 11.8 Å². The molecule has 0 aliphatic carbocycles. The standard InChI is InChI=1S/C27H27N9O8S4/c1-12(37)44-16-3-2-14-8-15(16)36(26-45-6-7-46-26)27(14,31-25(43)34-5-4-28-24(34)42)23(41)30-18-20(38)35-19(22(39)40)13(11-48-21(18)35)10-47-17-9-29-33-32-17/h2-3,8-9,18,21,26H,4-7,10-11H2,1H3,(H,28,42)(H,30,41)(H,31,43)(H,39,40)(H,29,32,33)/t18?,21-,27?/m0/s1. The fourth-order valence-corrected chi connectivity index (χ4v) is 11.3. The maximum absolute atomic E-state index is 14.7. The predicted molar refractivity (Wildman–Crippen MR) is 176 cm³/mol. The molecule has 0 radical (unpaired) electrons. The zero-order valence-corrected chi connectivity index (χ0v) is 28.2. The van der Waals surface area contributed by atoms with Crippen molar-refractivity contribution in [2.24, 2.45) is 0 Å². The molecule has 3 fully saturated rings. The third-order valence-electron chi connectivity index (χ3n) is 8.12. The fraction of sp³-hybridized carbons (Fsp3) is 0.407. The normalized spacial score (nSPS) is 24.7. The summed E-state index contributed by atoms with van der Waals surface area (Å²) in [6.45, 7) is 1.56. The zero-order chi connectivity index (χ0) is 33.7. The third-order valence-corrected chi connectivity index (χ3v) is 13.4. The molecule has 3 saturated heterocycles. The number of aromatic amines is 1. The molecule has 1 aromatic carbocycles. The van der Waals surface area contributed by atoms with E-state index < -0.39 is 57.6 Å². The molecule has 5 N–H and O–H groups in total. The second-order valence-electron chi connectivity index (χ2n) is 10.9. The SMILES string of the molecule is CC(=O)Oc1ccc2cc1N(C1SCCS1)C2(NC(=O)N1CCNC1=O)C(=O)NC1C(=O)N2C(C(=O)O)=C(CSc3cnn[nH]3)CS[C@@H]12. The summed E-state index contributed by atoms with van der Waals surface area (Å²) in [4.78, 5) is 82.8. The highest BCUT2D eigenvalue weighted by Gasteiger charge is 2.60. The lowest BCUT2D eigenvalue weighted by molar-refractivity contribution is -0.151. The summed E-state index contributed by atoms with van der Waals surface area (Å²) in [5.74, 6) is -1.03. The molecule has 21 heteroatoms. The number of aromatic nitrogens is 3. The molecular formula is C27H27N9O8S4. The van der Waals surface area contributed by atoms with Crippen molar-refractivity contribution in [3.05, 3.63) is 41.2 Å². The van der Waals surface area contributed by atoms with Gasteiger partial charge in [0, 0.05) is 48.6 Å². The molecule has 48 heavy (non-hydrogen) atoms. The minimum Gasteiger partial charge on any atom is -0.477 e. The zero-order valence-electron chi connectivity index (χ0n) is 25.0. The number of nitrogens with zero attached hydrogens (tertiary/aromatic N) is 5. The number of benzene rings is 1. The highest BCUT2D eigenvalue weighted by atomic mass is 32.2. The van der Waals surface area contributed by atoms with Crippen LogP contribution in [0, 0.1) is 0 Å². The summed E-state index contributed by atoms with van der Waals surface area (Å²) >= 11 is 5.65. The number of β-lactam (4-membered cyclic amide) rings is 1. The average molecular weight is 734 g/mol. The number of amides is 6. The van der Waals surface area contributed by atoms with Crippen LogP contribution in [0.2, 0.25) is 0 Å². The number of rotatable bonds is 9. The molecule has 3 atom stereocenters. The van der Waals surface area contributed by atoms with Crippen molar-refractivity contribution in [1.82, 2.24) is 41.2 Å². The lowest BCUT2D eigenvalue weighted by Crippen LogP contribution is -2.75. The first-order valence-corrected chi connectivity index (χ1v) is 18.7. The Labute approximate surface area is 289 Å². The van der Waals surface area contributed by atoms with Crippen LogP contribution in [-0.2, 0) is 24.8 Å². The number of anilines is 1. The van der Waals surface area contributed by atoms with Crippen LogP contribution in [-0.4, -0.2) is 118 Å². The van der Waals surface area contributed by atoms with Gasteiger partial charge in [-0.25, -0.2) is 19.3 Å². The van der Waals surface area contributed by atoms with Crippen LogP contribution >= 0.6 is 47.0 Å². The van der Waals surface area contributed by atoms with Gasteiger partial charge in [0.15, 0.2) is 5.75 Å². The number of carbonyl (C=O) groups is 6. The van der Waals surface area contributed by atoms with Gasteiger partial charge in [-0.2, -0.15) is 0 Å². The monoisotopic (exact) mass is 733 g/mol. The minimum absolute atomic E-state index is 0.0716. The molecule has 1 aromatic heterocycles. The maximum atomic E-state index is 14.7. The van der Waals surface area contributed by atoms with Crippen LogP contribution in [0.1, 0.15) is 12.5 Å². The number of hydrogen-bond donors (Lipinski definition) is 5. The van der Waals surface area contributed by atoms with E-state index in [1.807, 2.05) is 0 Å². The summed E-state index contributed by atoms with van der Waals surface area (Å²) < 4.78 is 5.06. The number of urea groups is 2. The van der Waals surface area contributed by atoms with Crippen molar-refractivity contribution >= 4 is 88.6 Å². The van der Waals surface area contributed by atoms with E-state index in [1.54, 1.807) is 17.0 Å². The summed E-state index contributed by atoms with van der Waals surface area (Å²) in [6, 6.07) is 2.13. The Morgan fingerprint density at radius 1 is 1.19 bits per heavy atom. The van der Waals surface area contributed by atoms with E-state index in [0.717, 1.165) is 16.4 Å². The van der Waals surface area contributed by atoms with Gasteiger partial charge < -0.3 is 30.7 Å². The molecule has 2 bridgehead atoms. The molecule has 7 rings (SSSR count). The molecular weight excluding hydrogens is 707 g/mol. The Morgan fingerprint density at radius 3 is 2.65 bits per heavy atom. The first kappa shape index (κ1) is 32.5. The fourth-order valence-electron chi connectivity index (χ4n) is 6.04. The summed E-state index contributed by atoms with van der Waals surface area (Å²) in [6.07, 6.45) is 1.51. The topological polar surface area (TPSA) is 219 Å². The molecule has 2 aromatic rings. The number of fused-ring (bicyclic) bond motifs is 3. The van der Waals surface area contributed by atoms with E-state index in [4.69, 9.17) is 4.74 Å². The van der Waals surface area contributed by atoms with Gasteiger partial charge in [0.05, 0.1) is 11.9 Å². The molecule has 17 nitrogen and oxygen atoms in total. The van der Waals surface area contributed by atoms with E-state index >= 15 is 0 Å². The quantitative estimate of drug-likeness (QED) is 0.104. The van der Waals surface area contributed by atoms with Crippen molar-refractivity contribution in [3.8, 4) is 5.75 Å². The first-order chi connectivity index (χ1) is 23.1. The van der Waals surface area contributed by atoms with Crippen LogP contribution in [0.4, 0.5) is 15.3 Å². The van der Waals surface area contributed by atoms with Crippen LogP contribution < -0.4 is 25.6 Å². The van der Waals surface area contributed by atoms with Crippen molar-refractivity contribution < 1.29 is 38.6 Å². The number of H-pyrrole nitrogens is 1. The van der Waals surface area contributed by atoms with Gasteiger partial charge in [-0.15, -0.1) is 52.1 Å². The van der Waals surface area contributed by atoms with E-state index in [0.29, 0.717) is 21.8 Å². The highest BCUT2D eigenvalue weighted by molar-refractivity contribution is 8.20. The molecule has 5 aliphatic heterocycles. The number of imide groups is 1. The number of aliphatic carboxylic acids is 1. The van der Waals surface area contributed by atoms with E-state index in [1.165, 1.54) is 71.1 Å². The van der Waals surface area contributed by atoms with E-state index in [-0.39, 0.29) is 36.0 Å². The average Bonchev–Trinajstić information content (AvgIpc) is 3.88. The van der Waals surface area contributed by atoms with Crippen LogP contribution in [0.25, 0.3) is 0 Å². The smallest absolute Gasteiger partial charge is 0.352 e. The van der Waals surface area contributed by atoms with Crippen molar-refractivity contribution in [2.45, 2.75) is 33.7 Å². The van der Waals surface area contributed by atoms with Gasteiger partial charge >= 0.3 is 24.0 Å². The number of carbonyl (C=O) groups excluding carboxylic acids is 5. The Hall–Kier alpha value is -4.08. The molecule has 6 heterocycles. The van der Waals surface area contributed by atoms with Crippen LogP contribution in [0.5, 0.6) is 5.75 Å².